The molecule has 3 aliphatic heterocycles. The molecular weight excluding hydrogens is 1060 g/mol. The number of benzene rings is 1. The van der Waals surface area contributed by atoms with Gasteiger partial charge in [0.1, 0.15) is 48.5 Å². The summed E-state index contributed by atoms with van der Waals surface area (Å²) in [5.74, 6) is -7.65. The first kappa shape index (κ1) is 65.3. The summed E-state index contributed by atoms with van der Waals surface area (Å²) in [6, 6.07) is 1.37. The zero-order valence-electron chi connectivity index (χ0n) is 49.0. The molecule has 4 aliphatic rings. The Morgan fingerprint density at radius 3 is 1.52 bits per heavy atom. The molecule has 0 spiro atoms. The maximum Gasteiger partial charge on any atom is 0.408 e. The van der Waals surface area contributed by atoms with Gasteiger partial charge in [-0.1, -0.05) is 63.4 Å². The number of rotatable bonds is 6. The summed E-state index contributed by atoms with van der Waals surface area (Å²) >= 11 is 0. The number of hydrogen-bond acceptors (Lipinski definition) is 14. The number of ether oxygens (including phenoxy) is 2. The van der Waals surface area contributed by atoms with Gasteiger partial charge in [-0.05, 0) is 89.5 Å². The van der Waals surface area contributed by atoms with E-state index in [2.05, 4.69) is 31.9 Å². The van der Waals surface area contributed by atoms with Crippen LogP contribution >= 0.6 is 0 Å². The SMILES string of the molecule is CC(C)[C@H]1C(=O)NC[C@@H](NC(=O)OC(C)(C)C)C(=O)N2CCCC[C@H]2C(=O)NCC(=O)N(C)CC(=O)N(C)[C@@H](C2CCCCC2)C(=O)NC[C@@H](NC(=O)OCc2ccccc2)C(=O)N2CCCC[C@H]2C(=O)NCC(=O)N(C)CC(=O)N1C. The van der Waals surface area contributed by atoms with Crippen LogP contribution in [-0.4, -0.2) is 223 Å². The van der Waals surface area contributed by atoms with Crippen molar-refractivity contribution in [1.82, 2.24) is 61.3 Å². The molecule has 4 fully saturated rings. The van der Waals surface area contributed by atoms with Crippen molar-refractivity contribution in [2.24, 2.45) is 11.8 Å². The number of carbonyl (C=O) groups is 12. The van der Waals surface area contributed by atoms with Gasteiger partial charge < -0.3 is 70.8 Å². The second kappa shape index (κ2) is 30.5. The van der Waals surface area contributed by atoms with Crippen molar-refractivity contribution < 1.29 is 67.0 Å². The van der Waals surface area contributed by atoms with E-state index < -0.39 is 158 Å². The molecule has 1 aliphatic carbocycles. The summed E-state index contributed by atoms with van der Waals surface area (Å²) in [5.41, 5.74) is -0.323. The predicted octanol–water partition coefficient (Wildman–Crippen LogP) is 0.222. The van der Waals surface area contributed by atoms with E-state index in [-0.39, 0.29) is 38.5 Å². The Bertz CT molecular complexity index is 2470. The highest BCUT2D eigenvalue weighted by Crippen LogP contribution is 2.29. The van der Waals surface area contributed by atoms with E-state index in [4.69, 9.17) is 9.47 Å². The lowest BCUT2D eigenvalue weighted by molar-refractivity contribution is -0.146. The van der Waals surface area contributed by atoms with Gasteiger partial charge in [-0.3, -0.25) is 47.9 Å². The monoisotopic (exact) mass is 1150 g/mol. The van der Waals surface area contributed by atoms with E-state index in [0.29, 0.717) is 44.1 Å². The van der Waals surface area contributed by atoms with Gasteiger partial charge in [0.25, 0.3) is 0 Å². The molecule has 3 heterocycles. The fraction of sp³-hybridized carbons (Fsp3) is 0.679. The molecule has 1 aromatic rings. The molecule has 0 radical (unpaired) electrons. The van der Waals surface area contributed by atoms with Gasteiger partial charge in [-0.25, -0.2) is 9.59 Å². The summed E-state index contributed by atoms with van der Waals surface area (Å²) in [6.07, 6.45) is 4.09. The summed E-state index contributed by atoms with van der Waals surface area (Å²) in [5, 5.41) is 15.8. The van der Waals surface area contributed by atoms with Crippen LogP contribution in [0.4, 0.5) is 9.59 Å². The van der Waals surface area contributed by atoms with Crippen LogP contribution in [0.1, 0.15) is 111 Å². The molecule has 6 atom stereocenters. The van der Waals surface area contributed by atoms with E-state index in [9.17, 15) is 57.5 Å². The number of fused-ring (bicyclic) bond motifs is 2. The minimum atomic E-state index is -1.48. The molecule has 3 saturated heterocycles. The summed E-state index contributed by atoms with van der Waals surface area (Å²) < 4.78 is 10.9. The Balaban J connectivity index is 1.46. The highest BCUT2D eigenvalue weighted by Gasteiger charge is 2.42. The lowest BCUT2D eigenvalue weighted by Crippen LogP contribution is -2.61. The van der Waals surface area contributed by atoms with Gasteiger partial charge >= 0.3 is 12.2 Å². The quantitative estimate of drug-likeness (QED) is 0.222. The number of nitrogens with zero attached hydrogens (tertiary/aromatic N) is 6. The molecule has 0 aromatic heterocycles. The number of nitrogens with one attached hydrogen (secondary N) is 6. The molecule has 454 valence electrons. The van der Waals surface area contributed by atoms with Gasteiger partial charge in [0.2, 0.25) is 59.1 Å². The Morgan fingerprint density at radius 1 is 0.573 bits per heavy atom. The lowest BCUT2D eigenvalue weighted by Gasteiger charge is -2.38. The number of alkyl carbamates (subject to hydrolysis) is 2. The van der Waals surface area contributed by atoms with Crippen LogP contribution in [0.2, 0.25) is 0 Å². The first-order chi connectivity index (χ1) is 38.8. The Kier molecular flexibility index (Phi) is 24.3. The van der Waals surface area contributed by atoms with E-state index in [1.165, 1.54) is 42.9 Å². The third-order valence-electron chi connectivity index (χ3n) is 15.2. The average Bonchev–Trinajstić information content (AvgIpc) is 3.50. The number of piperidine rings is 2. The van der Waals surface area contributed by atoms with Gasteiger partial charge in [-0.15, -0.1) is 0 Å². The zero-order chi connectivity index (χ0) is 60.4. The molecular formula is C56H86N12O14. The molecule has 1 saturated carbocycles. The highest BCUT2D eigenvalue weighted by molar-refractivity contribution is 5.97. The molecule has 0 unspecified atom stereocenters. The first-order valence-electron chi connectivity index (χ1n) is 28.5. The van der Waals surface area contributed by atoms with Crippen molar-refractivity contribution >= 4 is 71.3 Å². The van der Waals surface area contributed by atoms with Crippen molar-refractivity contribution in [1.29, 1.82) is 0 Å². The van der Waals surface area contributed by atoms with Gasteiger partial charge in [0.15, 0.2) is 0 Å². The van der Waals surface area contributed by atoms with Crippen molar-refractivity contribution in [2.45, 2.75) is 154 Å². The van der Waals surface area contributed by atoms with E-state index in [1.807, 2.05) is 0 Å². The van der Waals surface area contributed by atoms with Crippen LogP contribution in [0.3, 0.4) is 0 Å². The third kappa shape index (κ3) is 18.8. The van der Waals surface area contributed by atoms with E-state index in [0.717, 1.165) is 34.0 Å². The van der Waals surface area contributed by atoms with Crippen molar-refractivity contribution in [2.75, 3.05) is 80.5 Å². The second-order valence-corrected chi connectivity index (χ2v) is 23.0. The molecule has 26 heteroatoms. The number of amides is 12. The fourth-order valence-electron chi connectivity index (χ4n) is 10.7. The van der Waals surface area contributed by atoms with Gasteiger partial charge in [-0.2, -0.15) is 0 Å². The lowest BCUT2D eigenvalue weighted by atomic mass is 9.82. The largest absolute Gasteiger partial charge is 0.445 e. The maximum atomic E-state index is 14.7. The second-order valence-electron chi connectivity index (χ2n) is 23.0. The molecule has 5 rings (SSSR count). The smallest absolute Gasteiger partial charge is 0.408 e. The third-order valence-corrected chi connectivity index (χ3v) is 15.2. The Hall–Kier alpha value is -7.54. The molecule has 1 aromatic carbocycles. The average molecular weight is 1150 g/mol. The van der Waals surface area contributed by atoms with Crippen LogP contribution < -0.4 is 31.9 Å². The summed E-state index contributed by atoms with van der Waals surface area (Å²) in [7, 11) is 5.51. The number of likely N-dealkylation sites (N-methyl/N-ethyl adjacent to an activating group) is 4. The van der Waals surface area contributed by atoms with Crippen molar-refractivity contribution in [3.63, 3.8) is 0 Å². The van der Waals surface area contributed by atoms with Gasteiger partial charge in [0, 0.05) is 54.4 Å². The normalized spacial score (nSPS) is 25.1. The standard InChI is InChI=1S/C56H86N12O14/c1-35(2)46-50(75)57-29-39(62-55(80)82-56(3,4)5)53(78)68-27-19-17-25-41(68)49(74)60-31-43(70)64(7)33-45(72)66(9)47(37-22-14-11-15-23-37)51(76)58-28-38(61-54(79)81-34-36-20-12-10-13-21-36)52(77)67-26-18-16-24-40(67)48(73)59-30-42(69)63(6)32-44(71)65(46)8/h10,12-13,20-21,35,37-41,46-47H,11,14-19,22-34H2,1-9H3,(H,57,75)(H,58,76)(H,59,73)(H,60,74)(H,61,79)(H,62,80)/t38-,39-,40+,41+,46+,47+/m1/s1. The highest BCUT2D eigenvalue weighted by atomic mass is 16.6. The van der Waals surface area contributed by atoms with E-state index in [1.54, 1.807) is 65.0 Å². The minimum Gasteiger partial charge on any atom is -0.445 e. The Morgan fingerprint density at radius 2 is 1.04 bits per heavy atom. The minimum absolute atomic E-state index is 0.0789. The first-order valence-corrected chi connectivity index (χ1v) is 28.5. The molecule has 82 heavy (non-hydrogen) atoms. The molecule has 6 N–H and O–H groups in total. The number of hydrogen-bond donors (Lipinski definition) is 6. The maximum absolute atomic E-state index is 14.7. The molecule has 26 nitrogen and oxygen atoms in total. The van der Waals surface area contributed by atoms with E-state index >= 15 is 0 Å². The van der Waals surface area contributed by atoms with Crippen molar-refractivity contribution in [3.8, 4) is 0 Å². The molecule has 12 amide bonds. The Labute approximate surface area is 480 Å². The summed E-state index contributed by atoms with van der Waals surface area (Å²) in [4.78, 5) is 175. The van der Waals surface area contributed by atoms with Gasteiger partial charge in [0.05, 0.1) is 26.2 Å². The molecule has 0 bridgehead atoms. The van der Waals surface area contributed by atoms with Crippen LogP contribution in [0.15, 0.2) is 30.3 Å². The van der Waals surface area contributed by atoms with Crippen LogP contribution in [0, 0.1) is 11.8 Å². The summed E-state index contributed by atoms with van der Waals surface area (Å²) in [6.45, 7) is 5.08. The predicted molar refractivity (Wildman–Crippen MR) is 297 cm³/mol. The zero-order valence-corrected chi connectivity index (χ0v) is 49.0. The number of carbonyl (C=O) groups excluding carboxylic acids is 12. The topological polar surface area (TPSA) is 315 Å². The van der Waals surface area contributed by atoms with Crippen LogP contribution in [0.5, 0.6) is 0 Å². The van der Waals surface area contributed by atoms with Crippen LogP contribution in [0.25, 0.3) is 0 Å². The van der Waals surface area contributed by atoms with Crippen molar-refractivity contribution in [3.05, 3.63) is 35.9 Å². The van der Waals surface area contributed by atoms with Crippen LogP contribution in [-0.2, 0) is 64.0 Å². The fourth-order valence-corrected chi connectivity index (χ4v) is 10.7.